The molecule has 4 nitrogen and oxygen atoms in total. The van der Waals surface area contributed by atoms with E-state index < -0.39 is 96.4 Å². The third-order valence-electron chi connectivity index (χ3n) is 12.0. The van der Waals surface area contributed by atoms with Crippen molar-refractivity contribution in [1.29, 1.82) is 0 Å². The molecule has 0 fully saturated rings. The van der Waals surface area contributed by atoms with Gasteiger partial charge in [-0.3, -0.25) is 9.55 Å². The number of imidazole rings is 1. The van der Waals surface area contributed by atoms with E-state index in [-0.39, 0.29) is 22.4 Å². The predicted molar refractivity (Wildman–Crippen MR) is 283 cm³/mol. The van der Waals surface area contributed by atoms with E-state index in [1.807, 2.05) is 154 Å². The molecular weight excluding hydrogens is 815 g/mol. The number of benzene rings is 7. The highest BCUT2D eigenvalue weighted by molar-refractivity contribution is 5.98. The zero-order valence-electron chi connectivity index (χ0n) is 55.9. The molecule has 1 N–H and O–H groups in total. The SMILES string of the molecule is [2H]c1nc(-c2cc(-c3ccccc3)cc(-c3cccc4c3nc(-c3cc(C(C)(C)C)cc(C(C)(C)C)c3O)n4-c3cc(-c4ccccc4)cc(C([2H])(C)C)c3)c2)c([2H])c(-c2c([2H])c([2H])c(C(C([2H])([2H])[2H])(C([2H])([2H])[2H])C([2H])([2H])[2H])c([2H])c2[2H])c1[2H]. The molecule has 9 aromatic rings. The second kappa shape index (κ2) is 17.3. The van der Waals surface area contributed by atoms with Crippen LogP contribution in [0.25, 0.3) is 83.9 Å². The normalized spacial score (nSPS) is 16.7. The summed E-state index contributed by atoms with van der Waals surface area (Å²) in [4.78, 5) is 9.94. The minimum absolute atomic E-state index is 0.0404. The van der Waals surface area contributed by atoms with Crippen LogP contribution in [0.5, 0.6) is 5.75 Å². The smallest absolute Gasteiger partial charge is 0.149 e. The molecule has 7 aromatic carbocycles. The third-order valence-corrected chi connectivity index (χ3v) is 12.0. The molecule has 4 heteroatoms. The lowest BCUT2D eigenvalue weighted by Gasteiger charge is -2.27. The number of hydrogen-bond donors (Lipinski definition) is 1. The molecule has 0 spiro atoms. The van der Waals surface area contributed by atoms with Gasteiger partial charge in [-0.05, 0) is 132 Å². The molecule has 0 saturated carbocycles. The van der Waals surface area contributed by atoms with Crippen LogP contribution in [0.1, 0.15) is 127 Å². The molecule has 336 valence electrons. The summed E-state index contributed by atoms with van der Waals surface area (Å²) < 4.78 is 150. The van der Waals surface area contributed by atoms with Crippen LogP contribution in [-0.2, 0) is 16.2 Å². The van der Waals surface area contributed by atoms with Gasteiger partial charge in [0, 0.05) is 42.3 Å². The minimum atomic E-state index is -3.94. The summed E-state index contributed by atoms with van der Waals surface area (Å²) in [6, 6.07) is 33.7. The molecule has 0 atom stereocenters. The highest BCUT2D eigenvalue weighted by Crippen LogP contribution is 2.45. The second-order valence-corrected chi connectivity index (χ2v) is 19.4. The number of hydrogen-bond acceptors (Lipinski definition) is 3. The van der Waals surface area contributed by atoms with Crippen molar-refractivity contribution in [2.75, 3.05) is 0 Å². The highest BCUT2D eigenvalue weighted by Gasteiger charge is 2.29. The zero-order chi connectivity index (χ0) is 61.9. The lowest BCUT2D eigenvalue weighted by molar-refractivity contribution is 0.446. The number of aromatic hydroxyl groups is 1. The molecule has 0 aliphatic carbocycles. The van der Waals surface area contributed by atoms with E-state index in [4.69, 9.17) is 22.8 Å². The first-order valence-corrected chi connectivity index (χ1v) is 22.2. The summed E-state index contributed by atoms with van der Waals surface area (Å²) in [6.45, 7) is 4.25. The van der Waals surface area contributed by atoms with E-state index in [0.717, 1.165) is 22.3 Å². The lowest BCUT2D eigenvalue weighted by Crippen LogP contribution is -2.17. The van der Waals surface area contributed by atoms with Crippen molar-refractivity contribution >= 4 is 11.0 Å². The van der Waals surface area contributed by atoms with Gasteiger partial charge < -0.3 is 5.11 Å². The van der Waals surface area contributed by atoms with E-state index >= 15 is 0 Å². The van der Waals surface area contributed by atoms with E-state index in [0.29, 0.717) is 55.9 Å². The number of aromatic nitrogens is 3. The number of fused-ring (bicyclic) bond motifs is 1. The maximum Gasteiger partial charge on any atom is 0.149 e. The van der Waals surface area contributed by atoms with Crippen molar-refractivity contribution in [3.05, 3.63) is 192 Å². The molecule has 0 aliphatic heterocycles. The molecule has 2 aromatic heterocycles. The molecule has 0 amide bonds. The van der Waals surface area contributed by atoms with Gasteiger partial charge in [0.15, 0.2) is 0 Å². The fraction of sp³-hybridized carbons (Fsp3) is 0.238. The van der Waals surface area contributed by atoms with Gasteiger partial charge in [0.2, 0.25) is 0 Å². The van der Waals surface area contributed by atoms with Crippen LogP contribution in [0.3, 0.4) is 0 Å². The monoisotopic (exact) mass is 895 g/mol. The quantitative estimate of drug-likeness (QED) is 0.165. The molecule has 9 rings (SSSR count). The Morgan fingerprint density at radius 2 is 1.21 bits per heavy atom. The van der Waals surface area contributed by atoms with Gasteiger partial charge in [-0.2, -0.15) is 0 Å². The van der Waals surface area contributed by atoms with Gasteiger partial charge in [0.05, 0.1) is 31.9 Å². The van der Waals surface area contributed by atoms with Gasteiger partial charge in [0.25, 0.3) is 0 Å². The number of phenols is 1. The zero-order valence-corrected chi connectivity index (χ0v) is 38.9. The Labute approximate surface area is 422 Å². The Bertz CT molecular complexity index is 4000. The van der Waals surface area contributed by atoms with Crippen LogP contribution in [0.4, 0.5) is 0 Å². The second-order valence-electron chi connectivity index (χ2n) is 19.4. The summed E-state index contributed by atoms with van der Waals surface area (Å²) in [5.74, 6) is -0.621. The Balaban J connectivity index is 1.37. The van der Waals surface area contributed by atoms with Gasteiger partial charge in [-0.1, -0.05) is 185 Å². The third kappa shape index (κ3) is 9.10. The van der Waals surface area contributed by atoms with Gasteiger partial charge in [-0.15, -0.1) is 0 Å². The fourth-order valence-corrected chi connectivity index (χ4v) is 8.33. The summed E-state index contributed by atoms with van der Waals surface area (Å²) in [6.07, 6.45) is -0.754. The first kappa shape index (κ1) is 28.9. The molecule has 0 bridgehead atoms. The van der Waals surface area contributed by atoms with Crippen LogP contribution in [-0.4, -0.2) is 19.6 Å². The number of para-hydroxylation sites is 1. The van der Waals surface area contributed by atoms with Crippen LogP contribution in [0, 0.1) is 0 Å². The predicted octanol–water partition coefficient (Wildman–Crippen LogP) is 17.1. The molecule has 0 saturated heterocycles. The summed E-state index contributed by atoms with van der Waals surface area (Å²) >= 11 is 0. The fourth-order valence-electron chi connectivity index (χ4n) is 8.33. The maximum absolute atomic E-state index is 12.6. The molecule has 2 heterocycles. The first-order chi connectivity index (χ1) is 38.8. The maximum atomic E-state index is 12.6. The average molecular weight is 895 g/mol. The van der Waals surface area contributed by atoms with E-state index in [1.54, 1.807) is 12.1 Å². The standard InChI is InChI=1S/C63H63N3O/c1-40(2)45-31-47(42-21-16-13-17-22-42)36-52(35-45)66-57-24-18-23-53(58(57)65-60(66)54-38-51(62(6,7)8)39-55(59(54)67)63(9,10)11)48-32-46(41-19-14-12-15-20-41)33-49(34-48)56-37-44(29-30-64-56)43-25-27-50(28-26-43)61(3,4)5/h12-40,67H,1-11H3/i3D3,4D3,5D3,25D,26D,27D,28D,29D,30D,37D,40D. The molecular formula is C63H63N3O. The van der Waals surface area contributed by atoms with Crippen molar-refractivity contribution in [3.63, 3.8) is 0 Å². The topological polar surface area (TPSA) is 50.9 Å². The number of nitrogens with zero attached hydrogens (tertiary/aromatic N) is 3. The average Bonchev–Trinajstić information content (AvgIpc) is 0.801. The van der Waals surface area contributed by atoms with E-state index in [2.05, 4.69) is 25.8 Å². The van der Waals surface area contributed by atoms with Crippen LogP contribution < -0.4 is 0 Å². The summed E-state index contributed by atoms with van der Waals surface area (Å²) in [7, 11) is 0. The van der Waals surface area contributed by atoms with Crippen molar-refractivity contribution < 1.29 is 28.4 Å². The molecule has 0 unspecified atom stereocenters. The van der Waals surface area contributed by atoms with Crippen molar-refractivity contribution in [2.45, 2.75) is 98.1 Å². The van der Waals surface area contributed by atoms with Crippen LogP contribution in [0.2, 0.25) is 0 Å². The summed E-state index contributed by atoms with van der Waals surface area (Å²) in [5, 5.41) is 12.6. The van der Waals surface area contributed by atoms with E-state index in [9.17, 15) is 10.6 Å². The van der Waals surface area contributed by atoms with Crippen molar-refractivity contribution in [2.24, 2.45) is 0 Å². The summed E-state index contributed by atoms with van der Waals surface area (Å²) in [5.41, 5.74) is 1.10. The molecule has 0 radical (unpaired) electrons. The van der Waals surface area contributed by atoms with Gasteiger partial charge >= 0.3 is 0 Å². The first-order valence-electron chi connectivity index (χ1n) is 30.7. The minimum Gasteiger partial charge on any atom is -0.507 e. The van der Waals surface area contributed by atoms with Crippen molar-refractivity contribution in [1.82, 2.24) is 14.5 Å². The van der Waals surface area contributed by atoms with Gasteiger partial charge in [-0.25, -0.2) is 4.98 Å². The number of rotatable bonds is 8. The Morgan fingerprint density at radius 3 is 1.84 bits per heavy atom. The molecule has 0 aliphatic rings. The Kier molecular flexibility index (Phi) is 7.46. The largest absolute Gasteiger partial charge is 0.507 e. The van der Waals surface area contributed by atoms with Gasteiger partial charge in [0.1, 0.15) is 11.6 Å². The van der Waals surface area contributed by atoms with Crippen LogP contribution >= 0.6 is 0 Å². The number of pyridine rings is 1. The van der Waals surface area contributed by atoms with E-state index in [1.165, 1.54) is 0 Å². The van der Waals surface area contributed by atoms with Crippen molar-refractivity contribution in [3.8, 4) is 78.6 Å². The highest BCUT2D eigenvalue weighted by atomic mass is 16.3. The Hall–Kier alpha value is -7.04. The number of phenolic OH excluding ortho intramolecular Hbond substituents is 1. The molecule has 67 heavy (non-hydrogen) atoms. The lowest BCUT2D eigenvalue weighted by atomic mass is 9.79. The Morgan fingerprint density at radius 1 is 0.567 bits per heavy atom. The van der Waals surface area contributed by atoms with Crippen LogP contribution in [0.15, 0.2) is 170 Å².